The predicted octanol–water partition coefficient (Wildman–Crippen LogP) is 6.60. The van der Waals surface area contributed by atoms with Crippen LogP contribution in [0.2, 0.25) is 10.0 Å². The number of aromatic nitrogens is 2. The molecule has 10 heteroatoms. The Labute approximate surface area is 176 Å². The van der Waals surface area contributed by atoms with Gasteiger partial charge < -0.3 is 5.73 Å². The van der Waals surface area contributed by atoms with Gasteiger partial charge in [0.05, 0.1) is 10.2 Å². The molecule has 0 bridgehead atoms. The number of halogens is 5. The maximum Gasteiger partial charge on any atom is 0.433 e. The van der Waals surface area contributed by atoms with Crippen LogP contribution in [0.15, 0.2) is 24.3 Å². The summed E-state index contributed by atoms with van der Waals surface area (Å²) in [4.78, 5) is 8.23. The lowest BCUT2D eigenvalue weighted by Crippen LogP contribution is -2.08. The van der Waals surface area contributed by atoms with Crippen molar-refractivity contribution in [3.63, 3.8) is 0 Å². The Morgan fingerprint density at radius 1 is 1.17 bits per heavy atom. The summed E-state index contributed by atoms with van der Waals surface area (Å²) in [5.41, 5.74) is 6.72. The van der Waals surface area contributed by atoms with E-state index < -0.39 is 11.9 Å². The minimum Gasteiger partial charge on any atom is -0.383 e. The van der Waals surface area contributed by atoms with E-state index in [0.29, 0.717) is 37.3 Å². The van der Waals surface area contributed by atoms with Crippen LogP contribution >= 0.6 is 34.5 Å². The van der Waals surface area contributed by atoms with E-state index >= 15 is 0 Å². The number of hydrogen-bond acceptors (Lipinski definition) is 5. The van der Waals surface area contributed by atoms with Gasteiger partial charge in [0.1, 0.15) is 28.0 Å². The Morgan fingerprint density at radius 2 is 1.90 bits per heavy atom. The van der Waals surface area contributed by atoms with E-state index in [-0.39, 0.29) is 21.2 Å². The number of benzene rings is 1. The second-order valence-electron chi connectivity index (χ2n) is 6.27. The number of nitrogens with two attached hydrogens (primary N) is 1. The summed E-state index contributed by atoms with van der Waals surface area (Å²) in [6.45, 7) is 1.55. The van der Waals surface area contributed by atoms with Crippen molar-refractivity contribution in [2.24, 2.45) is 0 Å². The van der Waals surface area contributed by atoms with Crippen molar-refractivity contribution in [2.75, 3.05) is 5.73 Å². The van der Waals surface area contributed by atoms with Crippen molar-refractivity contribution in [2.45, 2.75) is 13.1 Å². The molecule has 29 heavy (non-hydrogen) atoms. The quantitative estimate of drug-likeness (QED) is 0.352. The molecule has 0 unspecified atom stereocenters. The molecule has 1 aromatic carbocycles. The summed E-state index contributed by atoms with van der Waals surface area (Å²) < 4.78 is 40.1. The monoisotopic (exact) mass is 452 g/mol. The molecular formula is C19H9Cl2F3N4S. The molecule has 0 aliphatic rings. The fourth-order valence-electron chi connectivity index (χ4n) is 3.17. The Hall–Kier alpha value is -2.60. The molecule has 0 spiro atoms. The van der Waals surface area contributed by atoms with Gasteiger partial charge in [-0.05, 0) is 30.7 Å². The molecule has 0 radical (unpaired) electrons. The van der Waals surface area contributed by atoms with Gasteiger partial charge in [-0.15, -0.1) is 11.3 Å². The number of hydrogen-bond donors (Lipinski definition) is 1. The molecule has 4 nitrogen and oxygen atoms in total. The van der Waals surface area contributed by atoms with Gasteiger partial charge in [0.15, 0.2) is 0 Å². The highest BCUT2D eigenvalue weighted by atomic mass is 35.5. The number of nitrogen functional groups attached to an aromatic ring is 1. The molecule has 4 aromatic rings. The summed E-state index contributed by atoms with van der Waals surface area (Å²) >= 11 is 13.3. The first kappa shape index (κ1) is 19.7. The third-order valence-corrected chi connectivity index (χ3v) is 6.04. The molecule has 0 atom stereocenters. The molecule has 0 saturated heterocycles. The number of pyridine rings is 2. The number of fused-ring (bicyclic) bond motifs is 3. The number of thiophene rings is 1. The van der Waals surface area contributed by atoms with E-state index in [1.807, 2.05) is 6.07 Å². The van der Waals surface area contributed by atoms with Crippen LogP contribution in [0.3, 0.4) is 0 Å². The highest BCUT2D eigenvalue weighted by molar-refractivity contribution is 7.26. The first-order valence-corrected chi connectivity index (χ1v) is 9.65. The van der Waals surface area contributed by atoms with Crippen LogP contribution in [0.5, 0.6) is 0 Å². The average Bonchev–Trinajstić information content (AvgIpc) is 2.99. The largest absolute Gasteiger partial charge is 0.433 e. The van der Waals surface area contributed by atoms with E-state index in [2.05, 4.69) is 9.97 Å². The van der Waals surface area contributed by atoms with Gasteiger partial charge in [0.25, 0.3) is 0 Å². The highest BCUT2D eigenvalue weighted by Gasteiger charge is 2.34. The Bertz CT molecular complexity index is 1360. The van der Waals surface area contributed by atoms with Crippen LogP contribution < -0.4 is 5.73 Å². The van der Waals surface area contributed by atoms with E-state index in [1.165, 1.54) is 6.07 Å². The highest BCUT2D eigenvalue weighted by Crippen LogP contribution is 2.45. The topological polar surface area (TPSA) is 75.6 Å². The molecule has 0 amide bonds. The van der Waals surface area contributed by atoms with E-state index in [1.54, 1.807) is 19.1 Å². The number of nitriles is 1. The number of aryl methyl sites for hydroxylation is 1. The Kier molecular flexibility index (Phi) is 4.57. The van der Waals surface area contributed by atoms with Crippen molar-refractivity contribution in [3.8, 4) is 17.2 Å². The number of nitrogens with zero attached hydrogens (tertiary/aromatic N) is 3. The fourth-order valence-corrected chi connectivity index (χ4v) is 4.92. The minimum atomic E-state index is -4.58. The van der Waals surface area contributed by atoms with Crippen LogP contribution in [-0.2, 0) is 6.18 Å². The van der Waals surface area contributed by atoms with Crippen LogP contribution in [0.1, 0.15) is 16.8 Å². The number of rotatable bonds is 1. The molecule has 146 valence electrons. The van der Waals surface area contributed by atoms with Crippen LogP contribution in [0.4, 0.5) is 19.0 Å². The van der Waals surface area contributed by atoms with Crippen molar-refractivity contribution < 1.29 is 13.2 Å². The molecule has 0 aliphatic heterocycles. The third kappa shape index (κ3) is 3.15. The van der Waals surface area contributed by atoms with Crippen molar-refractivity contribution in [1.82, 2.24) is 9.97 Å². The van der Waals surface area contributed by atoms with Crippen LogP contribution in [-0.4, -0.2) is 9.97 Å². The second kappa shape index (κ2) is 6.73. The lowest BCUT2D eigenvalue weighted by atomic mass is 9.99. The standard InChI is InChI=1S/C19H9Cl2F3N4S/c1-7-4-12(19(22,23)24)27-18-13(7)15-16(29-18)14(10(6-25)17(26)28-15)9-3-2-8(20)5-11(9)21/h2-5H,1H3,(H2,26,28). The first-order valence-electron chi connectivity index (χ1n) is 8.08. The van der Waals surface area contributed by atoms with Crippen LogP contribution in [0, 0.1) is 18.3 Å². The molecule has 0 aliphatic carbocycles. The summed E-state index contributed by atoms with van der Waals surface area (Å²) in [6, 6.07) is 7.74. The number of alkyl halides is 3. The number of anilines is 1. The smallest absolute Gasteiger partial charge is 0.383 e. The molecule has 3 heterocycles. The molecule has 2 N–H and O–H groups in total. The zero-order valence-electron chi connectivity index (χ0n) is 14.5. The third-order valence-electron chi connectivity index (χ3n) is 4.40. The Balaban J connectivity index is 2.19. The van der Waals surface area contributed by atoms with Crippen molar-refractivity contribution in [3.05, 3.63) is 51.1 Å². The average molecular weight is 453 g/mol. The second-order valence-corrected chi connectivity index (χ2v) is 8.11. The molecule has 0 fully saturated rings. The summed E-state index contributed by atoms with van der Waals surface area (Å²) in [5, 5.41) is 10.8. The maximum absolute atomic E-state index is 13.2. The SMILES string of the molecule is Cc1cc(C(F)(F)F)nc2sc3c(-c4ccc(Cl)cc4Cl)c(C#N)c(N)nc3c12. The Morgan fingerprint density at radius 3 is 2.52 bits per heavy atom. The minimum absolute atomic E-state index is 0.0417. The van der Waals surface area contributed by atoms with Gasteiger partial charge >= 0.3 is 6.18 Å². The summed E-state index contributed by atoms with van der Waals surface area (Å²) in [7, 11) is 0. The van der Waals surface area contributed by atoms with Gasteiger partial charge in [-0.25, -0.2) is 9.97 Å². The van der Waals surface area contributed by atoms with Crippen molar-refractivity contribution in [1.29, 1.82) is 5.26 Å². The summed E-state index contributed by atoms with van der Waals surface area (Å²) in [5.74, 6) is -0.0417. The van der Waals surface area contributed by atoms with Crippen molar-refractivity contribution >= 4 is 60.8 Å². The lowest BCUT2D eigenvalue weighted by molar-refractivity contribution is -0.141. The van der Waals surface area contributed by atoms with Gasteiger partial charge in [0.2, 0.25) is 0 Å². The maximum atomic E-state index is 13.2. The van der Waals surface area contributed by atoms with Gasteiger partial charge in [-0.3, -0.25) is 0 Å². The molecule has 3 aromatic heterocycles. The molecule has 4 rings (SSSR count). The lowest BCUT2D eigenvalue weighted by Gasteiger charge is -2.10. The van der Waals surface area contributed by atoms with Gasteiger partial charge in [-0.2, -0.15) is 18.4 Å². The molecular weight excluding hydrogens is 444 g/mol. The van der Waals surface area contributed by atoms with E-state index in [0.717, 1.165) is 17.4 Å². The fraction of sp³-hybridized carbons (Fsp3) is 0.105. The predicted molar refractivity (Wildman–Crippen MR) is 109 cm³/mol. The molecule has 0 saturated carbocycles. The zero-order chi connectivity index (χ0) is 21.1. The van der Waals surface area contributed by atoms with E-state index in [9.17, 15) is 18.4 Å². The van der Waals surface area contributed by atoms with Crippen LogP contribution in [0.25, 0.3) is 31.6 Å². The van der Waals surface area contributed by atoms with Gasteiger partial charge in [0, 0.05) is 26.6 Å². The summed E-state index contributed by atoms with van der Waals surface area (Å²) in [6.07, 6.45) is -4.58. The van der Waals surface area contributed by atoms with Gasteiger partial charge in [-0.1, -0.05) is 29.3 Å². The normalized spacial score (nSPS) is 11.9. The van der Waals surface area contributed by atoms with E-state index in [4.69, 9.17) is 28.9 Å². The zero-order valence-corrected chi connectivity index (χ0v) is 16.9. The first-order chi connectivity index (χ1) is 13.6.